The van der Waals surface area contributed by atoms with Gasteiger partial charge in [0.1, 0.15) is 17.1 Å². The molecule has 0 radical (unpaired) electrons. The van der Waals surface area contributed by atoms with Crippen LogP contribution in [0.4, 0.5) is 0 Å². The average Bonchev–Trinajstić information content (AvgIpc) is 2.50. The van der Waals surface area contributed by atoms with Gasteiger partial charge in [0.2, 0.25) is 0 Å². The maximum atomic E-state index is 12.0. The molecule has 1 aromatic rings. The van der Waals surface area contributed by atoms with Gasteiger partial charge in [-0.3, -0.25) is 0 Å². The molecule has 0 fully saturated rings. The molecule has 0 unspecified atom stereocenters. The van der Waals surface area contributed by atoms with Crippen molar-refractivity contribution in [3.8, 4) is 11.5 Å². The van der Waals surface area contributed by atoms with Crippen molar-refractivity contribution in [3.63, 3.8) is 0 Å². The van der Waals surface area contributed by atoms with Gasteiger partial charge in [0.15, 0.2) is 6.79 Å². The molecule has 0 aromatic heterocycles. The first-order valence-corrected chi connectivity index (χ1v) is 11.8. The fourth-order valence-corrected chi connectivity index (χ4v) is 2.86. The number of carbonyl (C=O) groups is 1. The molecule has 5 nitrogen and oxygen atoms in total. The Morgan fingerprint density at radius 2 is 1.87 bits per heavy atom. The molecule has 0 amide bonds. The number of methoxy groups -OCH3 is 2. The van der Waals surface area contributed by atoms with E-state index in [9.17, 15) is 4.79 Å². The number of hydrogen-bond acceptors (Lipinski definition) is 6. The van der Waals surface area contributed by atoms with Crippen LogP contribution in [0.25, 0.3) is 0 Å². The van der Waals surface area contributed by atoms with Gasteiger partial charge in [0.25, 0.3) is 0 Å². The van der Waals surface area contributed by atoms with Crippen LogP contribution in [0.15, 0.2) is 12.1 Å². The first-order chi connectivity index (χ1) is 10.8. The molecule has 0 aliphatic rings. The molecule has 130 valence electrons. The second kappa shape index (κ2) is 9.20. The Labute approximate surface area is 144 Å². The first-order valence-electron chi connectivity index (χ1n) is 7.43. The molecule has 7 heteroatoms. The Hall–Kier alpha value is -1.18. The number of rotatable bonds is 9. The van der Waals surface area contributed by atoms with E-state index in [1.807, 2.05) is 6.07 Å². The summed E-state index contributed by atoms with van der Waals surface area (Å²) in [7, 11) is 1.69. The van der Waals surface area contributed by atoms with Crippen LogP contribution in [0, 0.1) is 0 Å². The van der Waals surface area contributed by atoms with Gasteiger partial charge in [-0.25, -0.2) is 4.79 Å². The van der Waals surface area contributed by atoms with E-state index in [0.717, 1.165) is 6.04 Å². The van der Waals surface area contributed by atoms with Gasteiger partial charge < -0.3 is 18.9 Å². The van der Waals surface area contributed by atoms with Gasteiger partial charge in [0.05, 0.1) is 13.7 Å². The average molecular weight is 359 g/mol. The summed E-state index contributed by atoms with van der Waals surface area (Å²) in [6, 6.07) is 4.56. The Bertz CT molecular complexity index is 528. The summed E-state index contributed by atoms with van der Waals surface area (Å²) in [6.07, 6.45) is 0. The second-order valence-electron chi connectivity index (χ2n) is 6.32. The van der Waals surface area contributed by atoms with Crippen LogP contribution in [0.3, 0.4) is 0 Å². The van der Waals surface area contributed by atoms with Gasteiger partial charge in [0, 0.05) is 27.0 Å². The van der Waals surface area contributed by atoms with E-state index in [1.165, 1.54) is 14.2 Å². The minimum Gasteiger partial charge on any atom is -0.494 e. The second-order valence-corrected chi connectivity index (χ2v) is 12.3. The summed E-state index contributed by atoms with van der Waals surface area (Å²) in [5, 5.41) is 0. The third-order valence-corrected chi connectivity index (χ3v) is 5.22. The SMILES string of the molecule is COCOc1cc(OCC[Si](C)(C)C)cc(CS)c1C(=O)OC. The third kappa shape index (κ3) is 6.45. The largest absolute Gasteiger partial charge is 0.494 e. The van der Waals surface area contributed by atoms with Crippen molar-refractivity contribution >= 4 is 26.7 Å². The topological polar surface area (TPSA) is 54.0 Å². The monoisotopic (exact) mass is 358 g/mol. The van der Waals surface area contributed by atoms with E-state index in [4.69, 9.17) is 18.9 Å². The number of thiol groups is 1. The van der Waals surface area contributed by atoms with E-state index in [2.05, 4.69) is 32.3 Å². The normalized spacial score (nSPS) is 11.2. The molecule has 0 aliphatic heterocycles. The van der Waals surface area contributed by atoms with E-state index < -0.39 is 14.0 Å². The minimum absolute atomic E-state index is 0.0361. The highest BCUT2D eigenvalue weighted by Gasteiger charge is 2.20. The Morgan fingerprint density at radius 3 is 2.39 bits per heavy atom. The van der Waals surface area contributed by atoms with Crippen LogP contribution >= 0.6 is 12.6 Å². The summed E-state index contributed by atoms with van der Waals surface area (Å²) in [4.78, 5) is 12.0. The predicted octanol–water partition coefficient (Wildman–Crippen LogP) is 3.60. The molecule has 0 spiro atoms. The maximum Gasteiger partial charge on any atom is 0.341 e. The van der Waals surface area contributed by atoms with Crippen molar-refractivity contribution in [2.75, 3.05) is 27.6 Å². The van der Waals surface area contributed by atoms with Gasteiger partial charge >= 0.3 is 5.97 Å². The summed E-state index contributed by atoms with van der Waals surface area (Å²) in [5.74, 6) is 0.951. The Kier molecular flexibility index (Phi) is 7.94. The lowest BCUT2D eigenvalue weighted by atomic mass is 10.1. The maximum absolute atomic E-state index is 12.0. The van der Waals surface area contributed by atoms with Crippen LogP contribution in [0.5, 0.6) is 11.5 Å². The molecule has 0 heterocycles. The highest BCUT2D eigenvalue weighted by Crippen LogP contribution is 2.31. The molecule has 0 saturated carbocycles. The van der Waals surface area contributed by atoms with Crippen LogP contribution in [-0.2, 0) is 15.2 Å². The van der Waals surface area contributed by atoms with Crippen molar-refractivity contribution in [2.45, 2.75) is 31.4 Å². The third-order valence-electron chi connectivity index (χ3n) is 3.17. The zero-order valence-electron chi connectivity index (χ0n) is 14.5. The van der Waals surface area contributed by atoms with Crippen molar-refractivity contribution in [1.82, 2.24) is 0 Å². The quantitative estimate of drug-likeness (QED) is 0.316. The van der Waals surface area contributed by atoms with Crippen LogP contribution < -0.4 is 9.47 Å². The highest BCUT2D eigenvalue weighted by molar-refractivity contribution is 7.79. The number of esters is 1. The molecule has 1 rings (SSSR count). The number of ether oxygens (including phenoxy) is 4. The van der Waals surface area contributed by atoms with Crippen LogP contribution in [-0.4, -0.2) is 41.7 Å². The molecule has 0 aliphatic carbocycles. The van der Waals surface area contributed by atoms with E-state index in [-0.39, 0.29) is 6.79 Å². The van der Waals surface area contributed by atoms with Gasteiger partial charge in [-0.1, -0.05) is 19.6 Å². The summed E-state index contributed by atoms with van der Waals surface area (Å²) >= 11 is 4.29. The molecule has 0 saturated heterocycles. The lowest BCUT2D eigenvalue weighted by molar-refractivity contribution is 0.0462. The summed E-state index contributed by atoms with van der Waals surface area (Å²) < 4.78 is 21.1. The zero-order valence-corrected chi connectivity index (χ0v) is 16.4. The molecule has 0 N–H and O–H groups in total. The summed E-state index contributed by atoms with van der Waals surface area (Å²) in [5.41, 5.74) is 1.06. The minimum atomic E-state index is -1.17. The van der Waals surface area contributed by atoms with Gasteiger partial charge in [-0.2, -0.15) is 12.6 Å². The lowest BCUT2D eigenvalue weighted by Crippen LogP contribution is -2.22. The van der Waals surface area contributed by atoms with Crippen LogP contribution in [0.2, 0.25) is 25.7 Å². The number of benzene rings is 1. The highest BCUT2D eigenvalue weighted by atomic mass is 32.1. The van der Waals surface area contributed by atoms with E-state index >= 15 is 0 Å². The first kappa shape index (κ1) is 19.9. The molecule has 23 heavy (non-hydrogen) atoms. The Morgan fingerprint density at radius 1 is 1.17 bits per heavy atom. The molecule has 1 aromatic carbocycles. The molecule has 0 atom stereocenters. The fraction of sp³-hybridized carbons (Fsp3) is 0.562. The van der Waals surface area contributed by atoms with Crippen molar-refractivity contribution in [2.24, 2.45) is 0 Å². The van der Waals surface area contributed by atoms with Crippen molar-refractivity contribution in [1.29, 1.82) is 0 Å². The van der Waals surface area contributed by atoms with Crippen LogP contribution in [0.1, 0.15) is 15.9 Å². The number of hydrogen-bond donors (Lipinski definition) is 1. The molecular formula is C16H26O5SSi. The predicted molar refractivity (Wildman–Crippen MR) is 96.6 cm³/mol. The smallest absolute Gasteiger partial charge is 0.341 e. The van der Waals surface area contributed by atoms with E-state index in [1.54, 1.807) is 6.07 Å². The standard InChI is InChI=1S/C16H26O5SSi/c1-18-11-21-14-9-13(20-6-7-23(3,4)5)8-12(10-22)15(14)16(17)19-2/h8-9,22H,6-7,10-11H2,1-5H3. The molecular weight excluding hydrogens is 332 g/mol. The summed E-state index contributed by atoms with van der Waals surface area (Å²) in [6.45, 7) is 7.56. The lowest BCUT2D eigenvalue weighted by Gasteiger charge is -2.18. The molecule has 0 bridgehead atoms. The Balaban J connectivity index is 3.06. The van der Waals surface area contributed by atoms with Crippen molar-refractivity contribution < 1.29 is 23.7 Å². The van der Waals surface area contributed by atoms with Gasteiger partial charge in [-0.15, -0.1) is 0 Å². The van der Waals surface area contributed by atoms with Gasteiger partial charge in [-0.05, 0) is 17.7 Å². The zero-order chi connectivity index (χ0) is 17.5. The van der Waals surface area contributed by atoms with Crippen molar-refractivity contribution in [3.05, 3.63) is 23.3 Å². The fourth-order valence-electron chi connectivity index (χ4n) is 1.90. The van der Waals surface area contributed by atoms with E-state index in [0.29, 0.717) is 35.0 Å². The number of carbonyl (C=O) groups excluding carboxylic acids is 1.